The van der Waals surface area contributed by atoms with Crippen LogP contribution in [0.25, 0.3) is 0 Å². The van der Waals surface area contributed by atoms with Gasteiger partial charge in [0.15, 0.2) is 0 Å². The van der Waals surface area contributed by atoms with Crippen LogP contribution in [-0.4, -0.2) is 43.4 Å². The highest BCUT2D eigenvalue weighted by molar-refractivity contribution is 7.99. The van der Waals surface area contributed by atoms with Crippen molar-refractivity contribution in [1.82, 2.24) is 10.2 Å². The van der Waals surface area contributed by atoms with E-state index in [1.54, 1.807) is 5.56 Å². The van der Waals surface area contributed by atoms with E-state index in [1.165, 1.54) is 62.5 Å². The SMILES string of the molecule is c1ccc2c(c1)SCC2CNCCCN1CCCCC1. The van der Waals surface area contributed by atoms with E-state index >= 15 is 0 Å². The predicted molar refractivity (Wildman–Crippen MR) is 87.7 cm³/mol. The van der Waals surface area contributed by atoms with Crippen molar-refractivity contribution in [2.24, 2.45) is 0 Å². The summed E-state index contributed by atoms with van der Waals surface area (Å²) in [6, 6.07) is 8.89. The molecule has 2 aliphatic heterocycles. The molecule has 0 amide bonds. The summed E-state index contributed by atoms with van der Waals surface area (Å²) in [5, 5.41) is 3.67. The third-order valence-electron chi connectivity index (χ3n) is 4.47. The summed E-state index contributed by atoms with van der Waals surface area (Å²) in [5.41, 5.74) is 1.56. The number of rotatable bonds is 6. The highest BCUT2D eigenvalue weighted by Crippen LogP contribution is 2.38. The molecule has 1 N–H and O–H groups in total. The van der Waals surface area contributed by atoms with Crippen molar-refractivity contribution in [2.45, 2.75) is 36.5 Å². The Labute approximate surface area is 127 Å². The fraction of sp³-hybridized carbons (Fsp3) is 0.647. The molecule has 0 radical (unpaired) electrons. The van der Waals surface area contributed by atoms with E-state index in [4.69, 9.17) is 0 Å². The fourth-order valence-corrected chi connectivity index (χ4v) is 4.54. The lowest BCUT2D eigenvalue weighted by molar-refractivity contribution is 0.225. The normalized spacial score (nSPS) is 22.9. The first-order valence-corrected chi connectivity index (χ1v) is 9.07. The Hall–Kier alpha value is -0.510. The number of piperidine rings is 1. The summed E-state index contributed by atoms with van der Waals surface area (Å²) < 4.78 is 0. The summed E-state index contributed by atoms with van der Waals surface area (Å²) in [5.74, 6) is 1.96. The van der Waals surface area contributed by atoms with Crippen molar-refractivity contribution in [3.63, 3.8) is 0 Å². The van der Waals surface area contributed by atoms with Gasteiger partial charge in [0.25, 0.3) is 0 Å². The number of benzene rings is 1. The van der Waals surface area contributed by atoms with Crippen LogP contribution in [0.3, 0.4) is 0 Å². The van der Waals surface area contributed by atoms with Gasteiger partial charge in [0.05, 0.1) is 0 Å². The average molecular weight is 290 g/mol. The van der Waals surface area contributed by atoms with Crippen LogP contribution in [0.4, 0.5) is 0 Å². The van der Waals surface area contributed by atoms with E-state index < -0.39 is 0 Å². The molecule has 1 saturated heterocycles. The molecule has 3 heteroatoms. The summed E-state index contributed by atoms with van der Waals surface area (Å²) >= 11 is 2.01. The highest BCUT2D eigenvalue weighted by atomic mass is 32.2. The molecule has 2 nitrogen and oxygen atoms in total. The first-order valence-electron chi connectivity index (χ1n) is 8.08. The molecule has 110 valence electrons. The Kier molecular flexibility index (Phi) is 5.40. The molecule has 1 fully saturated rings. The van der Waals surface area contributed by atoms with Crippen LogP contribution in [0.2, 0.25) is 0 Å². The third-order valence-corrected chi connectivity index (χ3v) is 5.72. The smallest absolute Gasteiger partial charge is 0.0108 e. The molecule has 1 aromatic carbocycles. The molecule has 0 aromatic heterocycles. The predicted octanol–water partition coefficient (Wildman–Crippen LogP) is 3.34. The highest BCUT2D eigenvalue weighted by Gasteiger charge is 2.21. The average Bonchev–Trinajstić information content (AvgIpc) is 2.91. The topological polar surface area (TPSA) is 15.3 Å². The van der Waals surface area contributed by atoms with E-state index in [-0.39, 0.29) is 0 Å². The van der Waals surface area contributed by atoms with Gasteiger partial charge >= 0.3 is 0 Å². The fourth-order valence-electron chi connectivity index (χ4n) is 3.29. The molecule has 0 saturated carbocycles. The van der Waals surface area contributed by atoms with Gasteiger partial charge in [-0.3, -0.25) is 0 Å². The minimum absolute atomic E-state index is 0.714. The van der Waals surface area contributed by atoms with Gasteiger partial charge in [0.1, 0.15) is 0 Å². The van der Waals surface area contributed by atoms with Crippen molar-refractivity contribution in [3.8, 4) is 0 Å². The van der Waals surface area contributed by atoms with Crippen LogP contribution >= 0.6 is 11.8 Å². The van der Waals surface area contributed by atoms with E-state index in [1.807, 2.05) is 11.8 Å². The molecule has 0 aliphatic carbocycles. The largest absolute Gasteiger partial charge is 0.316 e. The van der Waals surface area contributed by atoms with E-state index in [2.05, 4.69) is 34.5 Å². The van der Waals surface area contributed by atoms with Crippen molar-refractivity contribution >= 4 is 11.8 Å². The minimum Gasteiger partial charge on any atom is -0.316 e. The summed E-state index contributed by atoms with van der Waals surface area (Å²) in [4.78, 5) is 4.12. The van der Waals surface area contributed by atoms with E-state index in [0.29, 0.717) is 5.92 Å². The lowest BCUT2D eigenvalue weighted by Gasteiger charge is -2.26. The van der Waals surface area contributed by atoms with Gasteiger partial charge in [-0.1, -0.05) is 24.6 Å². The first-order chi connectivity index (χ1) is 9.93. The monoisotopic (exact) mass is 290 g/mol. The Balaban J connectivity index is 1.32. The number of thioether (sulfide) groups is 1. The van der Waals surface area contributed by atoms with Crippen LogP contribution in [0, 0.1) is 0 Å². The standard InChI is InChI=1S/C17H26N2S/c1-4-10-19(11-5-1)12-6-9-18-13-15-14-20-17-8-3-2-7-16(15)17/h2-3,7-8,15,18H,1,4-6,9-14H2. The Morgan fingerprint density at radius 2 is 2.00 bits per heavy atom. The maximum atomic E-state index is 3.67. The van der Waals surface area contributed by atoms with Crippen molar-refractivity contribution < 1.29 is 0 Å². The molecule has 20 heavy (non-hydrogen) atoms. The quantitative estimate of drug-likeness (QED) is 0.809. The summed E-state index contributed by atoms with van der Waals surface area (Å²) in [6.07, 6.45) is 5.54. The first kappa shape index (κ1) is 14.4. The zero-order valence-electron chi connectivity index (χ0n) is 12.3. The lowest BCUT2D eigenvalue weighted by atomic mass is 10.0. The third kappa shape index (κ3) is 3.78. The molecule has 1 aromatic rings. The molecular weight excluding hydrogens is 264 g/mol. The second-order valence-corrected chi connectivity index (χ2v) is 7.07. The second kappa shape index (κ2) is 7.48. The molecule has 0 bridgehead atoms. The maximum absolute atomic E-state index is 3.67. The number of nitrogens with one attached hydrogen (secondary N) is 1. The van der Waals surface area contributed by atoms with Gasteiger partial charge in [-0.2, -0.15) is 0 Å². The molecule has 3 rings (SSSR count). The minimum atomic E-state index is 0.714. The van der Waals surface area contributed by atoms with Crippen LogP contribution in [0.1, 0.15) is 37.2 Å². The number of hydrogen-bond acceptors (Lipinski definition) is 3. The zero-order valence-corrected chi connectivity index (χ0v) is 13.1. The zero-order chi connectivity index (χ0) is 13.6. The van der Waals surface area contributed by atoms with E-state index in [9.17, 15) is 0 Å². The summed E-state index contributed by atoms with van der Waals surface area (Å²) in [6.45, 7) is 6.24. The molecule has 2 aliphatic rings. The Morgan fingerprint density at radius 1 is 1.15 bits per heavy atom. The van der Waals surface area contributed by atoms with E-state index in [0.717, 1.165) is 6.54 Å². The van der Waals surface area contributed by atoms with Gasteiger partial charge in [-0.25, -0.2) is 0 Å². The maximum Gasteiger partial charge on any atom is 0.0108 e. The molecular formula is C17H26N2S. The van der Waals surface area contributed by atoms with Gasteiger partial charge in [0.2, 0.25) is 0 Å². The Bertz CT molecular complexity index is 415. The molecule has 1 unspecified atom stereocenters. The van der Waals surface area contributed by atoms with Crippen LogP contribution in [-0.2, 0) is 0 Å². The van der Waals surface area contributed by atoms with Gasteiger partial charge in [-0.05, 0) is 57.1 Å². The number of nitrogens with zero attached hydrogens (tertiary/aromatic N) is 1. The molecule has 2 heterocycles. The lowest BCUT2D eigenvalue weighted by Crippen LogP contribution is -2.32. The molecule has 0 spiro atoms. The van der Waals surface area contributed by atoms with Gasteiger partial charge < -0.3 is 10.2 Å². The number of likely N-dealkylation sites (tertiary alicyclic amines) is 1. The van der Waals surface area contributed by atoms with Crippen LogP contribution in [0.15, 0.2) is 29.2 Å². The number of hydrogen-bond donors (Lipinski definition) is 1. The van der Waals surface area contributed by atoms with Crippen LogP contribution in [0.5, 0.6) is 0 Å². The molecule has 1 atom stereocenters. The van der Waals surface area contributed by atoms with Crippen LogP contribution < -0.4 is 5.32 Å². The number of fused-ring (bicyclic) bond motifs is 1. The van der Waals surface area contributed by atoms with Crippen molar-refractivity contribution in [3.05, 3.63) is 29.8 Å². The van der Waals surface area contributed by atoms with Crippen molar-refractivity contribution in [1.29, 1.82) is 0 Å². The van der Waals surface area contributed by atoms with Gasteiger partial charge in [0, 0.05) is 23.1 Å². The van der Waals surface area contributed by atoms with Gasteiger partial charge in [-0.15, -0.1) is 11.8 Å². The van der Waals surface area contributed by atoms with Crippen molar-refractivity contribution in [2.75, 3.05) is 38.5 Å². The summed E-state index contributed by atoms with van der Waals surface area (Å²) in [7, 11) is 0. The second-order valence-electron chi connectivity index (χ2n) is 6.01. The Morgan fingerprint density at radius 3 is 2.90 bits per heavy atom.